The molecule has 0 heterocycles. The van der Waals surface area contributed by atoms with Crippen molar-refractivity contribution in [2.45, 2.75) is 86.7 Å². The van der Waals surface area contributed by atoms with Crippen molar-refractivity contribution in [2.75, 3.05) is 6.61 Å². The van der Waals surface area contributed by atoms with Gasteiger partial charge in [-0.2, -0.15) is 0 Å². The maximum atomic E-state index is 12.5. The fourth-order valence-corrected chi connectivity index (χ4v) is 6.41. The molecule has 154 valence electrons. The zero-order chi connectivity index (χ0) is 20.5. The zero-order valence-electron chi connectivity index (χ0n) is 18.3. The van der Waals surface area contributed by atoms with Crippen LogP contribution in [0, 0.1) is 28.1 Å². The Bertz CT molecular complexity index is 593. The minimum atomic E-state index is -0.200. The van der Waals surface area contributed by atoms with Gasteiger partial charge in [0.15, 0.2) is 0 Å². The van der Waals surface area contributed by atoms with Crippen molar-refractivity contribution < 1.29 is 19.1 Å². The minimum absolute atomic E-state index is 0.0133. The highest BCUT2D eigenvalue weighted by atomic mass is 16.5. The van der Waals surface area contributed by atoms with Gasteiger partial charge < -0.3 is 9.47 Å². The molecule has 2 saturated carbocycles. The van der Waals surface area contributed by atoms with Crippen LogP contribution in [0.1, 0.15) is 80.6 Å². The number of hydrogen-bond acceptors (Lipinski definition) is 4. The number of esters is 2. The van der Waals surface area contributed by atoms with Crippen LogP contribution >= 0.6 is 0 Å². The number of carbonyl (C=O) groups excluding carboxylic acids is 2. The largest absolute Gasteiger partial charge is 0.466 e. The Morgan fingerprint density at radius 2 is 1.78 bits per heavy atom. The van der Waals surface area contributed by atoms with Gasteiger partial charge in [-0.05, 0) is 62.2 Å². The summed E-state index contributed by atoms with van der Waals surface area (Å²) in [6.45, 7) is 15.0. The van der Waals surface area contributed by atoms with Crippen LogP contribution < -0.4 is 0 Å². The summed E-state index contributed by atoms with van der Waals surface area (Å²) in [5.41, 5.74) is -0.112. The second kappa shape index (κ2) is 7.97. The molecule has 2 aliphatic carbocycles. The van der Waals surface area contributed by atoms with E-state index in [1.165, 1.54) is 6.92 Å². The summed E-state index contributed by atoms with van der Waals surface area (Å²) in [5, 5.41) is 0. The van der Waals surface area contributed by atoms with Crippen LogP contribution in [0.5, 0.6) is 0 Å². The van der Waals surface area contributed by atoms with Gasteiger partial charge in [0, 0.05) is 18.8 Å². The van der Waals surface area contributed by atoms with Crippen molar-refractivity contribution in [3.8, 4) is 0 Å². The highest BCUT2D eigenvalue weighted by Crippen LogP contribution is 2.65. The van der Waals surface area contributed by atoms with Crippen LogP contribution in [0.2, 0.25) is 0 Å². The first-order chi connectivity index (χ1) is 12.5. The van der Waals surface area contributed by atoms with E-state index in [0.717, 1.165) is 25.7 Å². The monoisotopic (exact) mass is 378 g/mol. The average molecular weight is 379 g/mol. The second-order valence-corrected chi connectivity index (χ2v) is 9.62. The molecule has 4 nitrogen and oxygen atoms in total. The van der Waals surface area contributed by atoms with Crippen LogP contribution in [-0.2, 0) is 19.1 Å². The molecule has 0 spiro atoms. The smallest absolute Gasteiger partial charge is 0.306 e. The molecule has 0 N–H and O–H groups in total. The second-order valence-electron chi connectivity index (χ2n) is 9.62. The lowest BCUT2D eigenvalue weighted by Crippen LogP contribution is -2.59. The quantitative estimate of drug-likeness (QED) is 0.481. The maximum absolute atomic E-state index is 12.5. The fourth-order valence-electron chi connectivity index (χ4n) is 6.41. The summed E-state index contributed by atoms with van der Waals surface area (Å²) in [7, 11) is 0. The summed E-state index contributed by atoms with van der Waals surface area (Å²) in [5.74, 6) is 0.326. The maximum Gasteiger partial charge on any atom is 0.306 e. The molecule has 0 bridgehead atoms. The highest BCUT2D eigenvalue weighted by Gasteiger charge is 2.61. The summed E-state index contributed by atoms with van der Waals surface area (Å²) in [4.78, 5) is 24.1. The Morgan fingerprint density at radius 3 is 2.33 bits per heavy atom. The van der Waals surface area contributed by atoms with Crippen molar-refractivity contribution in [3.63, 3.8) is 0 Å². The van der Waals surface area contributed by atoms with Crippen molar-refractivity contribution in [1.82, 2.24) is 0 Å². The van der Waals surface area contributed by atoms with E-state index < -0.39 is 0 Å². The van der Waals surface area contributed by atoms with Gasteiger partial charge in [-0.15, -0.1) is 0 Å². The molecule has 0 aromatic carbocycles. The average Bonchev–Trinajstić information content (AvgIpc) is 2.54. The van der Waals surface area contributed by atoms with Crippen LogP contribution in [0.25, 0.3) is 0 Å². The number of fused-ring (bicyclic) bond motifs is 1. The molecule has 0 saturated heterocycles. The summed E-state index contributed by atoms with van der Waals surface area (Å²) in [6, 6.07) is 0. The highest BCUT2D eigenvalue weighted by molar-refractivity contribution is 5.70. The van der Waals surface area contributed by atoms with E-state index in [1.54, 1.807) is 0 Å². The molecular formula is C23H38O4. The molecular weight excluding hydrogens is 340 g/mol. The third-order valence-electron chi connectivity index (χ3n) is 7.56. The molecule has 2 aliphatic rings. The molecule has 0 aromatic heterocycles. The molecule has 27 heavy (non-hydrogen) atoms. The van der Waals surface area contributed by atoms with Gasteiger partial charge in [0.25, 0.3) is 0 Å². The van der Waals surface area contributed by atoms with E-state index >= 15 is 0 Å². The molecule has 0 aliphatic heterocycles. The van der Waals surface area contributed by atoms with E-state index in [-0.39, 0.29) is 40.2 Å². The topological polar surface area (TPSA) is 52.6 Å². The lowest BCUT2D eigenvalue weighted by atomic mass is 9.42. The van der Waals surface area contributed by atoms with E-state index in [1.807, 2.05) is 6.92 Å². The zero-order valence-corrected chi connectivity index (χ0v) is 18.3. The Morgan fingerprint density at radius 1 is 1.11 bits per heavy atom. The number of hydrogen-bond donors (Lipinski definition) is 0. The first-order valence-corrected chi connectivity index (χ1v) is 10.5. The Labute approximate surface area is 165 Å². The molecule has 2 rings (SSSR count). The van der Waals surface area contributed by atoms with Crippen LogP contribution in [0.3, 0.4) is 0 Å². The normalized spacial score (nSPS) is 38.3. The van der Waals surface area contributed by atoms with Gasteiger partial charge in [0.2, 0.25) is 0 Å². The number of ether oxygens (including phenoxy) is 2. The molecule has 0 amide bonds. The van der Waals surface area contributed by atoms with Gasteiger partial charge in [-0.25, -0.2) is 0 Å². The van der Waals surface area contributed by atoms with E-state index in [2.05, 4.69) is 46.8 Å². The molecule has 0 unspecified atom stereocenters. The Hall–Kier alpha value is -1.32. The lowest BCUT2D eigenvalue weighted by molar-refractivity contribution is -0.190. The predicted molar refractivity (Wildman–Crippen MR) is 107 cm³/mol. The van der Waals surface area contributed by atoms with Crippen LogP contribution in [0.4, 0.5) is 0 Å². The first kappa shape index (κ1) is 22.0. The predicted octanol–water partition coefficient (Wildman–Crippen LogP) is 5.31. The summed E-state index contributed by atoms with van der Waals surface area (Å²) in [6.07, 6.45) is 8.76. The van der Waals surface area contributed by atoms with Gasteiger partial charge in [0.1, 0.15) is 6.10 Å². The third-order valence-corrected chi connectivity index (χ3v) is 7.56. The van der Waals surface area contributed by atoms with Crippen molar-refractivity contribution in [1.29, 1.82) is 0 Å². The standard InChI is InChI=1S/C23H38O4/c1-8-12-22(6)13-10-17-21(4,5)19(27-16(3)24)11-14-23(17,7)18(22)15-20(25)26-9-2/h8,12,17-19H,9-11,13-15H2,1-7H3/b12-8-/t17-,18+,19-,22-,23-/m0/s1. The van der Waals surface area contributed by atoms with E-state index in [9.17, 15) is 9.59 Å². The van der Waals surface area contributed by atoms with E-state index in [4.69, 9.17) is 9.47 Å². The molecule has 4 heteroatoms. The Kier molecular flexibility index (Phi) is 6.48. The number of rotatable bonds is 5. The Balaban J connectivity index is 2.41. The minimum Gasteiger partial charge on any atom is -0.466 e. The first-order valence-electron chi connectivity index (χ1n) is 10.5. The lowest BCUT2D eigenvalue weighted by Gasteiger charge is -2.63. The van der Waals surface area contributed by atoms with Crippen molar-refractivity contribution in [3.05, 3.63) is 12.2 Å². The number of allylic oxidation sites excluding steroid dienone is 2. The molecule has 0 radical (unpaired) electrons. The fraction of sp³-hybridized carbons (Fsp3) is 0.826. The molecule has 5 atom stereocenters. The van der Waals surface area contributed by atoms with Crippen molar-refractivity contribution >= 4 is 11.9 Å². The van der Waals surface area contributed by atoms with Gasteiger partial charge in [-0.1, -0.05) is 39.8 Å². The molecule has 0 aromatic rings. The molecule has 2 fully saturated rings. The van der Waals surface area contributed by atoms with Crippen LogP contribution in [0.15, 0.2) is 12.2 Å². The third kappa shape index (κ3) is 4.09. The SMILES string of the molecule is C/C=C\[C@@]1(C)CC[C@H]2C(C)(C)[C@@H](OC(C)=O)CC[C@]2(C)[C@@H]1CC(=O)OCC. The van der Waals surface area contributed by atoms with Crippen molar-refractivity contribution in [2.24, 2.45) is 28.1 Å². The summed E-state index contributed by atoms with van der Waals surface area (Å²) < 4.78 is 11.0. The van der Waals surface area contributed by atoms with Gasteiger partial charge in [0.05, 0.1) is 6.61 Å². The van der Waals surface area contributed by atoms with Gasteiger partial charge >= 0.3 is 11.9 Å². The number of carbonyl (C=O) groups is 2. The van der Waals surface area contributed by atoms with Crippen LogP contribution in [-0.4, -0.2) is 24.6 Å². The summed E-state index contributed by atoms with van der Waals surface area (Å²) >= 11 is 0. The van der Waals surface area contributed by atoms with Gasteiger partial charge in [-0.3, -0.25) is 9.59 Å². The van der Waals surface area contributed by atoms with E-state index in [0.29, 0.717) is 18.9 Å².